The van der Waals surface area contributed by atoms with Gasteiger partial charge in [0.1, 0.15) is 6.04 Å². The molecule has 3 rings (SSSR count). The molecule has 18 heavy (non-hydrogen) atoms. The van der Waals surface area contributed by atoms with Crippen molar-refractivity contribution in [2.45, 2.75) is 6.04 Å². The first-order valence-corrected chi connectivity index (χ1v) is 5.91. The van der Waals surface area contributed by atoms with Crippen molar-refractivity contribution in [1.29, 1.82) is 0 Å². The molecule has 0 amide bonds. The van der Waals surface area contributed by atoms with Crippen LogP contribution < -0.4 is 5.32 Å². The fraction of sp³-hybridized carbons (Fsp3) is 0.133. The Morgan fingerprint density at radius 3 is 2.72 bits per heavy atom. The SMILES string of the molecule is O=C(O)[C@@H]1C=C(c2cccc3ccccc23)CN1. The van der Waals surface area contributed by atoms with Crippen molar-refractivity contribution < 1.29 is 9.90 Å². The number of nitrogens with one attached hydrogen (secondary N) is 1. The lowest BCUT2D eigenvalue weighted by molar-refractivity contribution is -0.137. The maximum absolute atomic E-state index is 10.9. The van der Waals surface area contributed by atoms with Crippen molar-refractivity contribution in [1.82, 2.24) is 5.32 Å². The van der Waals surface area contributed by atoms with E-state index in [1.807, 2.05) is 24.3 Å². The Labute approximate surface area is 105 Å². The zero-order chi connectivity index (χ0) is 12.5. The summed E-state index contributed by atoms with van der Waals surface area (Å²) < 4.78 is 0. The number of hydrogen-bond acceptors (Lipinski definition) is 2. The fourth-order valence-corrected chi connectivity index (χ4v) is 2.39. The van der Waals surface area contributed by atoms with Crippen molar-refractivity contribution in [3.05, 3.63) is 54.1 Å². The molecule has 1 atom stereocenters. The summed E-state index contributed by atoms with van der Waals surface area (Å²) in [5.74, 6) is -0.828. The highest BCUT2D eigenvalue weighted by Crippen LogP contribution is 2.27. The third-order valence-corrected chi connectivity index (χ3v) is 3.28. The molecule has 0 bridgehead atoms. The number of benzene rings is 2. The van der Waals surface area contributed by atoms with Crippen LogP contribution in [0.25, 0.3) is 16.3 Å². The molecule has 2 aromatic carbocycles. The molecule has 0 fully saturated rings. The van der Waals surface area contributed by atoms with Crippen LogP contribution in [-0.2, 0) is 4.79 Å². The summed E-state index contributed by atoms with van der Waals surface area (Å²) in [5.41, 5.74) is 2.17. The fourth-order valence-electron chi connectivity index (χ4n) is 2.39. The average molecular weight is 239 g/mol. The van der Waals surface area contributed by atoms with Crippen LogP contribution >= 0.6 is 0 Å². The van der Waals surface area contributed by atoms with Crippen molar-refractivity contribution >= 4 is 22.3 Å². The topological polar surface area (TPSA) is 49.3 Å². The van der Waals surface area contributed by atoms with E-state index >= 15 is 0 Å². The van der Waals surface area contributed by atoms with Gasteiger partial charge in [-0.25, -0.2) is 0 Å². The zero-order valence-corrected chi connectivity index (χ0v) is 9.76. The van der Waals surface area contributed by atoms with E-state index in [1.165, 1.54) is 10.8 Å². The lowest BCUT2D eigenvalue weighted by atomic mass is 9.98. The van der Waals surface area contributed by atoms with Crippen LogP contribution in [0, 0.1) is 0 Å². The first-order chi connectivity index (χ1) is 8.75. The highest BCUT2D eigenvalue weighted by atomic mass is 16.4. The summed E-state index contributed by atoms with van der Waals surface area (Å²) in [7, 11) is 0. The first-order valence-electron chi connectivity index (χ1n) is 5.91. The molecular formula is C15H13NO2. The minimum absolute atomic E-state index is 0.570. The van der Waals surface area contributed by atoms with E-state index < -0.39 is 12.0 Å². The molecule has 0 saturated heterocycles. The molecule has 0 saturated carbocycles. The molecule has 0 aliphatic carbocycles. The van der Waals surface area contributed by atoms with Crippen LogP contribution in [0.15, 0.2) is 48.5 Å². The normalized spacial score (nSPS) is 18.9. The van der Waals surface area contributed by atoms with Gasteiger partial charge in [-0.15, -0.1) is 0 Å². The maximum atomic E-state index is 10.9. The summed E-state index contributed by atoms with van der Waals surface area (Å²) in [6.07, 6.45) is 1.80. The third-order valence-electron chi connectivity index (χ3n) is 3.28. The van der Waals surface area contributed by atoms with Gasteiger partial charge >= 0.3 is 5.97 Å². The standard InChI is InChI=1S/C15H13NO2/c17-15(18)14-8-11(9-16-14)13-7-3-5-10-4-1-2-6-12(10)13/h1-8,14,16H,9H2,(H,17,18)/t14-/m0/s1. The monoisotopic (exact) mass is 239 g/mol. The molecule has 2 N–H and O–H groups in total. The minimum Gasteiger partial charge on any atom is -0.480 e. The number of carboxylic acids is 1. The average Bonchev–Trinajstić information content (AvgIpc) is 2.87. The van der Waals surface area contributed by atoms with Gasteiger partial charge in [-0.3, -0.25) is 10.1 Å². The lowest BCUT2D eigenvalue weighted by Gasteiger charge is -2.06. The second-order valence-corrected chi connectivity index (χ2v) is 4.42. The Morgan fingerprint density at radius 2 is 1.94 bits per heavy atom. The Hall–Kier alpha value is -2.13. The van der Waals surface area contributed by atoms with E-state index in [-0.39, 0.29) is 0 Å². The maximum Gasteiger partial charge on any atom is 0.324 e. The lowest BCUT2D eigenvalue weighted by Crippen LogP contribution is -2.30. The number of fused-ring (bicyclic) bond motifs is 1. The summed E-state index contributed by atoms with van der Waals surface area (Å²) in [6, 6.07) is 13.7. The number of carbonyl (C=O) groups is 1. The number of rotatable bonds is 2. The van der Waals surface area contributed by atoms with E-state index in [9.17, 15) is 4.79 Å². The predicted molar refractivity (Wildman–Crippen MR) is 71.4 cm³/mol. The summed E-state index contributed by atoms with van der Waals surface area (Å²) in [6.45, 7) is 0.602. The molecule has 0 radical (unpaired) electrons. The Kier molecular flexibility index (Phi) is 2.61. The highest BCUT2D eigenvalue weighted by molar-refractivity contribution is 5.96. The van der Waals surface area contributed by atoms with Gasteiger partial charge in [0, 0.05) is 6.54 Å². The van der Waals surface area contributed by atoms with E-state index in [0.717, 1.165) is 11.1 Å². The molecule has 0 unspecified atom stereocenters. The molecule has 1 aliphatic heterocycles. The molecule has 90 valence electrons. The molecule has 2 aromatic rings. The second-order valence-electron chi connectivity index (χ2n) is 4.42. The highest BCUT2D eigenvalue weighted by Gasteiger charge is 2.22. The summed E-state index contributed by atoms with van der Waals surface area (Å²) in [4.78, 5) is 10.9. The van der Waals surface area contributed by atoms with Gasteiger partial charge in [-0.1, -0.05) is 48.5 Å². The molecule has 0 aromatic heterocycles. The van der Waals surface area contributed by atoms with Gasteiger partial charge in [0.05, 0.1) is 0 Å². The minimum atomic E-state index is -0.828. The van der Waals surface area contributed by atoms with Gasteiger partial charge in [0.2, 0.25) is 0 Å². The number of aliphatic carboxylic acids is 1. The Balaban J connectivity index is 2.11. The van der Waals surface area contributed by atoms with Crippen LogP contribution in [0.2, 0.25) is 0 Å². The summed E-state index contributed by atoms with van der Waals surface area (Å²) >= 11 is 0. The van der Waals surface area contributed by atoms with E-state index in [4.69, 9.17) is 5.11 Å². The predicted octanol–water partition coefficient (Wildman–Crippen LogP) is 2.28. The zero-order valence-electron chi connectivity index (χ0n) is 9.76. The van der Waals surface area contributed by atoms with Crippen molar-refractivity contribution in [2.75, 3.05) is 6.54 Å². The Morgan fingerprint density at radius 1 is 1.17 bits per heavy atom. The molecule has 3 nitrogen and oxygen atoms in total. The molecule has 1 heterocycles. The third kappa shape index (κ3) is 1.79. The Bertz CT molecular complexity index is 640. The largest absolute Gasteiger partial charge is 0.480 e. The molecular weight excluding hydrogens is 226 g/mol. The van der Waals surface area contributed by atoms with Gasteiger partial charge in [-0.05, 0) is 21.9 Å². The molecule has 1 aliphatic rings. The second kappa shape index (κ2) is 4.27. The number of hydrogen-bond donors (Lipinski definition) is 2. The molecule has 0 spiro atoms. The van der Waals surface area contributed by atoms with Crippen LogP contribution in [0.5, 0.6) is 0 Å². The van der Waals surface area contributed by atoms with Crippen molar-refractivity contribution in [3.8, 4) is 0 Å². The van der Waals surface area contributed by atoms with Gasteiger partial charge < -0.3 is 5.11 Å². The van der Waals surface area contributed by atoms with Gasteiger partial charge in [0.15, 0.2) is 0 Å². The van der Waals surface area contributed by atoms with Gasteiger partial charge in [-0.2, -0.15) is 0 Å². The van der Waals surface area contributed by atoms with E-state index in [1.54, 1.807) is 6.08 Å². The van der Waals surface area contributed by atoms with E-state index in [2.05, 4.69) is 23.5 Å². The van der Waals surface area contributed by atoms with Crippen molar-refractivity contribution in [3.63, 3.8) is 0 Å². The number of carboxylic acid groups (broad SMARTS) is 1. The van der Waals surface area contributed by atoms with Crippen LogP contribution in [-0.4, -0.2) is 23.7 Å². The van der Waals surface area contributed by atoms with E-state index in [0.29, 0.717) is 6.54 Å². The van der Waals surface area contributed by atoms with Crippen LogP contribution in [0.3, 0.4) is 0 Å². The quantitative estimate of drug-likeness (QED) is 0.845. The van der Waals surface area contributed by atoms with Crippen LogP contribution in [0.1, 0.15) is 5.56 Å². The molecule has 3 heteroatoms. The van der Waals surface area contributed by atoms with Gasteiger partial charge in [0.25, 0.3) is 0 Å². The smallest absolute Gasteiger partial charge is 0.324 e. The van der Waals surface area contributed by atoms with Crippen molar-refractivity contribution in [2.24, 2.45) is 0 Å². The first kappa shape index (κ1) is 11.0. The van der Waals surface area contributed by atoms with Crippen LogP contribution in [0.4, 0.5) is 0 Å². The summed E-state index contributed by atoms with van der Waals surface area (Å²) in [5, 5.41) is 14.3.